The van der Waals surface area contributed by atoms with Crippen LogP contribution in [0.25, 0.3) is 11.3 Å². The Kier molecular flexibility index (Phi) is 3.42. The van der Waals surface area contributed by atoms with Crippen molar-refractivity contribution >= 4 is 28.3 Å². The maximum Gasteiger partial charge on any atom is 0.308 e. The minimum Gasteiger partial charge on any atom is -0.481 e. The lowest BCUT2D eigenvalue weighted by Gasteiger charge is -2.11. The number of carboxylic acids is 1. The molecule has 1 aromatic carbocycles. The number of amides is 1. The van der Waals surface area contributed by atoms with Gasteiger partial charge < -0.3 is 5.11 Å². The molecule has 3 rings (SSSR count). The molecule has 0 spiro atoms. The van der Waals surface area contributed by atoms with E-state index >= 15 is 0 Å². The smallest absolute Gasteiger partial charge is 0.308 e. The third-order valence-corrected chi connectivity index (χ3v) is 4.20. The van der Waals surface area contributed by atoms with Crippen LogP contribution in [0.4, 0.5) is 9.52 Å². The molecule has 1 aliphatic heterocycles. The maximum absolute atomic E-state index is 12.9. The number of aromatic nitrogens is 1. The minimum atomic E-state index is -0.971. The van der Waals surface area contributed by atoms with Gasteiger partial charge in [0.25, 0.3) is 0 Å². The molecule has 21 heavy (non-hydrogen) atoms. The van der Waals surface area contributed by atoms with Gasteiger partial charge in [-0.3, -0.25) is 14.5 Å². The quantitative estimate of drug-likeness (QED) is 0.945. The Morgan fingerprint density at radius 1 is 1.38 bits per heavy atom. The minimum absolute atomic E-state index is 0.000789. The van der Waals surface area contributed by atoms with Gasteiger partial charge in [-0.05, 0) is 24.3 Å². The maximum atomic E-state index is 12.9. The molecule has 0 saturated carbocycles. The number of hydrogen-bond donors (Lipinski definition) is 1. The second kappa shape index (κ2) is 5.25. The average Bonchev–Trinajstić information content (AvgIpc) is 3.06. The molecule has 1 aliphatic rings. The van der Waals surface area contributed by atoms with Crippen LogP contribution in [0.5, 0.6) is 0 Å². The van der Waals surface area contributed by atoms with Gasteiger partial charge in [0.1, 0.15) is 5.82 Å². The van der Waals surface area contributed by atoms with Crippen molar-refractivity contribution in [1.29, 1.82) is 0 Å². The molecule has 0 aliphatic carbocycles. The Morgan fingerprint density at radius 3 is 2.71 bits per heavy atom. The standard InChI is InChI=1S/C14H11FN2O3S/c15-10-3-1-8(2-4-10)11-7-21-14(16-11)17-6-9(13(19)20)5-12(17)18/h1-4,7,9H,5-6H2,(H,19,20). The van der Waals surface area contributed by atoms with Crippen molar-refractivity contribution < 1.29 is 19.1 Å². The van der Waals surface area contributed by atoms with Crippen LogP contribution < -0.4 is 4.90 Å². The number of nitrogens with zero attached hydrogens (tertiary/aromatic N) is 2. The van der Waals surface area contributed by atoms with Crippen molar-refractivity contribution in [3.8, 4) is 11.3 Å². The summed E-state index contributed by atoms with van der Waals surface area (Å²) < 4.78 is 12.9. The van der Waals surface area contributed by atoms with Crippen LogP contribution in [0.15, 0.2) is 29.6 Å². The normalized spacial score (nSPS) is 18.2. The lowest BCUT2D eigenvalue weighted by molar-refractivity contribution is -0.141. The Balaban J connectivity index is 1.84. The van der Waals surface area contributed by atoms with E-state index in [1.165, 1.54) is 28.4 Å². The van der Waals surface area contributed by atoms with Gasteiger partial charge in [-0.25, -0.2) is 9.37 Å². The molecule has 1 atom stereocenters. The Morgan fingerprint density at radius 2 is 2.10 bits per heavy atom. The van der Waals surface area contributed by atoms with Crippen LogP contribution in [-0.2, 0) is 9.59 Å². The summed E-state index contributed by atoms with van der Waals surface area (Å²) in [5, 5.41) is 11.2. The highest BCUT2D eigenvalue weighted by atomic mass is 32.1. The van der Waals surface area contributed by atoms with E-state index in [1.807, 2.05) is 0 Å². The monoisotopic (exact) mass is 306 g/mol. The molecular formula is C14H11FN2O3S. The topological polar surface area (TPSA) is 70.5 Å². The molecule has 1 N–H and O–H groups in total. The molecule has 1 amide bonds. The van der Waals surface area contributed by atoms with Crippen LogP contribution in [0.3, 0.4) is 0 Å². The lowest BCUT2D eigenvalue weighted by atomic mass is 10.1. The Hall–Kier alpha value is -2.28. The highest BCUT2D eigenvalue weighted by molar-refractivity contribution is 7.14. The number of anilines is 1. The molecule has 1 saturated heterocycles. The van der Waals surface area contributed by atoms with Gasteiger partial charge >= 0.3 is 5.97 Å². The summed E-state index contributed by atoms with van der Waals surface area (Å²) in [4.78, 5) is 28.6. The summed E-state index contributed by atoms with van der Waals surface area (Å²) in [5.41, 5.74) is 1.39. The first kappa shape index (κ1) is 13.7. The van der Waals surface area contributed by atoms with Gasteiger partial charge in [-0.15, -0.1) is 11.3 Å². The van der Waals surface area contributed by atoms with E-state index in [2.05, 4.69) is 4.98 Å². The lowest BCUT2D eigenvalue weighted by Crippen LogP contribution is -2.25. The molecule has 5 nitrogen and oxygen atoms in total. The highest BCUT2D eigenvalue weighted by Gasteiger charge is 2.36. The summed E-state index contributed by atoms with van der Waals surface area (Å²) in [6, 6.07) is 5.91. The number of thiazole rings is 1. The highest BCUT2D eigenvalue weighted by Crippen LogP contribution is 2.31. The van der Waals surface area contributed by atoms with Gasteiger partial charge in [0, 0.05) is 23.9 Å². The Labute approximate surface area is 123 Å². The van der Waals surface area contributed by atoms with E-state index in [4.69, 9.17) is 5.11 Å². The van der Waals surface area contributed by atoms with Gasteiger partial charge in [0.2, 0.25) is 5.91 Å². The fourth-order valence-electron chi connectivity index (χ4n) is 2.20. The van der Waals surface area contributed by atoms with Crippen LogP contribution in [0.2, 0.25) is 0 Å². The molecular weight excluding hydrogens is 295 g/mol. The molecule has 1 aromatic heterocycles. The molecule has 2 heterocycles. The molecule has 2 aromatic rings. The summed E-state index contributed by atoms with van der Waals surface area (Å²) in [5.74, 6) is -2.22. The molecule has 0 radical (unpaired) electrons. The largest absolute Gasteiger partial charge is 0.481 e. The van der Waals surface area contributed by atoms with E-state index in [-0.39, 0.29) is 24.7 Å². The Bertz CT molecular complexity index is 698. The first-order valence-corrected chi connectivity index (χ1v) is 7.17. The van der Waals surface area contributed by atoms with Gasteiger partial charge in [-0.2, -0.15) is 0 Å². The summed E-state index contributed by atoms with van der Waals surface area (Å²) in [6.45, 7) is 0.143. The number of carbonyl (C=O) groups excluding carboxylic acids is 1. The van der Waals surface area contributed by atoms with Crippen molar-refractivity contribution in [2.45, 2.75) is 6.42 Å². The fourth-order valence-corrected chi connectivity index (χ4v) is 3.06. The zero-order valence-corrected chi connectivity index (χ0v) is 11.6. The van der Waals surface area contributed by atoms with Crippen molar-refractivity contribution in [1.82, 2.24) is 4.98 Å². The summed E-state index contributed by atoms with van der Waals surface area (Å²) >= 11 is 1.27. The number of hydrogen-bond acceptors (Lipinski definition) is 4. The first-order chi connectivity index (χ1) is 10.0. The fraction of sp³-hybridized carbons (Fsp3) is 0.214. The SMILES string of the molecule is O=C(O)C1CC(=O)N(c2nc(-c3ccc(F)cc3)cs2)C1. The number of carboxylic acid groups (broad SMARTS) is 1. The van der Waals surface area contributed by atoms with Crippen molar-refractivity contribution in [3.63, 3.8) is 0 Å². The number of aliphatic carboxylic acids is 1. The number of benzene rings is 1. The van der Waals surface area contributed by atoms with E-state index in [9.17, 15) is 14.0 Å². The van der Waals surface area contributed by atoms with E-state index in [1.54, 1.807) is 17.5 Å². The predicted octanol–water partition coefficient (Wildman–Crippen LogP) is 2.39. The van der Waals surface area contributed by atoms with Crippen molar-refractivity contribution in [2.75, 3.05) is 11.4 Å². The summed E-state index contributed by atoms with van der Waals surface area (Å²) in [6.07, 6.45) is 0.000789. The second-order valence-electron chi connectivity index (χ2n) is 4.77. The van der Waals surface area contributed by atoms with E-state index in [0.717, 1.165) is 5.56 Å². The average molecular weight is 306 g/mol. The van der Waals surface area contributed by atoms with Gasteiger partial charge in [-0.1, -0.05) is 0 Å². The van der Waals surface area contributed by atoms with Gasteiger partial charge in [0.15, 0.2) is 5.13 Å². The number of carbonyl (C=O) groups is 2. The first-order valence-electron chi connectivity index (χ1n) is 6.29. The molecule has 1 unspecified atom stereocenters. The third-order valence-electron chi connectivity index (χ3n) is 3.34. The van der Waals surface area contributed by atoms with E-state index in [0.29, 0.717) is 10.8 Å². The third kappa shape index (κ3) is 2.64. The van der Waals surface area contributed by atoms with Crippen molar-refractivity contribution in [3.05, 3.63) is 35.5 Å². The number of rotatable bonds is 3. The number of halogens is 1. The molecule has 0 bridgehead atoms. The van der Waals surface area contributed by atoms with Crippen LogP contribution in [0, 0.1) is 11.7 Å². The molecule has 108 valence electrons. The van der Waals surface area contributed by atoms with Crippen molar-refractivity contribution in [2.24, 2.45) is 5.92 Å². The van der Waals surface area contributed by atoms with Crippen LogP contribution >= 0.6 is 11.3 Å². The molecule has 1 fully saturated rings. The van der Waals surface area contributed by atoms with Crippen LogP contribution in [0.1, 0.15) is 6.42 Å². The second-order valence-corrected chi connectivity index (χ2v) is 5.60. The van der Waals surface area contributed by atoms with Crippen LogP contribution in [-0.4, -0.2) is 28.5 Å². The zero-order valence-electron chi connectivity index (χ0n) is 10.8. The van der Waals surface area contributed by atoms with E-state index < -0.39 is 11.9 Å². The zero-order chi connectivity index (χ0) is 15.0. The summed E-state index contributed by atoms with van der Waals surface area (Å²) in [7, 11) is 0. The molecule has 7 heteroatoms. The van der Waals surface area contributed by atoms with Gasteiger partial charge in [0.05, 0.1) is 11.6 Å². The predicted molar refractivity (Wildman–Crippen MR) is 75.6 cm³/mol.